The third kappa shape index (κ3) is 2.86. The van der Waals surface area contributed by atoms with Gasteiger partial charge in [-0.15, -0.1) is 0 Å². The van der Waals surface area contributed by atoms with Crippen molar-refractivity contribution in [1.82, 2.24) is 4.98 Å². The van der Waals surface area contributed by atoms with Gasteiger partial charge < -0.3 is 15.5 Å². The molecular formula is C13H9ClN2O4. The van der Waals surface area contributed by atoms with Crippen molar-refractivity contribution in [2.75, 3.05) is 5.32 Å². The summed E-state index contributed by atoms with van der Waals surface area (Å²) in [5.74, 6) is -2.07. The lowest BCUT2D eigenvalue weighted by Crippen LogP contribution is -2.15. The number of carboxylic acid groups (broad SMARTS) is 1. The number of hydrogen-bond donors (Lipinski definition) is 3. The predicted octanol–water partition coefficient (Wildman–Crippen LogP) is 2.39. The van der Waals surface area contributed by atoms with Crippen LogP contribution < -0.4 is 5.32 Å². The number of halogens is 1. The SMILES string of the molecule is O=C(O)c1cc(O)ccc1NC(=O)c1cccnc1Cl. The number of aromatic carboxylic acids is 1. The van der Waals surface area contributed by atoms with Crippen LogP contribution in [0, 0.1) is 0 Å². The number of aromatic hydroxyl groups is 1. The molecule has 0 bridgehead atoms. The molecule has 1 aromatic heterocycles. The molecule has 1 amide bonds. The fourth-order valence-corrected chi connectivity index (χ4v) is 1.77. The van der Waals surface area contributed by atoms with Gasteiger partial charge in [-0.3, -0.25) is 4.79 Å². The number of amides is 1. The number of carbonyl (C=O) groups is 2. The highest BCUT2D eigenvalue weighted by molar-refractivity contribution is 6.33. The quantitative estimate of drug-likeness (QED) is 0.596. The maximum atomic E-state index is 12.0. The third-order valence-electron chi connectivity index (χ3n) is 2.49. The van der Waals surface area contributed by atoms with Crippen molar-refractivity contribution in [3.05, 3.63) is 52.8 Å². The molecule has 0 aliphatic carbocycles. The minimum absolute atomic E-state index is 0.0145. The average Bonchev–Trinajstić information content (AvgIpc) is 2.41. The van der Waals surface area contributed by atoms with Crippen molar-refractivity contribution in [3.63, 3.8) is 0 Å². The predicted molar refractivity (Wildman–Crippen MR) is 72.3 cm³/mol. The van der Waals surface area contributed by atoms with Crippen molar-refractivity contribution in [1.29, 1.82) is 0 Å². The van der Waals surface area contributed by atoms with Crippen LogP contribution >= 0.6 is 11.6 Å². The van der Waals surface area contributed by atoms with Gasteiger partial charge in [0.2, 0.25) is 0 Å². The van der Waals surface area contributed by atoms with Crippen LogP contribution in [0.25, 0.3) is 0 Å². The monoisotopic (exact) mass is 292 g/mol. The van der Waals surface area contributed by atoms with Crippen molar-refractivity contribution in [3.8, 4) is 5.75 Å². The third-order valence-corrected chi connectivity index (χ3v) is 2.79. The van der Waals surface area contributed by atoms with Gasteiger partial charge in [0.25, 0.3) is 5.91 Å². The van der Waals surface area contributed by atoms with Crippen LogP contribution in [0.5, 0.6) is 5.75 Å². The second-order valence-electron chi connectivity index (χ2n) is 3.83. The molecule has 1 heterocycles. The minimum Gasteiger partial charge on any atom is -0.508 e. The number of nitrogens with one attached hydrogen (secondary N) is 1. The van der Waals surface area contributed by atoms with Gasteiger partial charge >= 0.3 is 5.97 Å². The van der Waals surface area contributed by atoms with E-state index in [1.165, 1.54) is 30.5 Å². The topological polar surface area (TPSA) is 99.5 Å². The fraction of sp³-hybridized carbons (Fsp3) is 0. The molecule has 0 radical (unpaired) electrons. The number of carboxylic acids is 1. The number of phenolic OH excluding ortho intramolecular Hbond substituents is 1. The smallest absolute Gasteiger partial charge is 0.337 e. The zero-order chi connectivity index (χ0) is 14.7. The van der Waals surface area contributed by atoms with E-state index in [9.17, 15) is 14.7 Å². The van der Waals surface area contributed by atoms with Crippen LogP contribution in [0.3, 0.4) is 0 Å². The normalized spacial score (nSPS) is 10.1. The van der Waals surface area contributed by atoms with E-state index in [0.717, 1.165) is 6.07 Å². The van der Waals surface area contributed by atoms with E-state index in [1.807, 2.05) is 0 Å². The first kappa shape index (κ1) is 13.8. The van der Waals surface area contributed by atoms with Crippen molar-refractivity contribution < 1.29 is 19.8 Å². The van der Waals surface area contributed by atoms with Crippen LogP contribution in [-0.4, -0.2) is 27.1 Å². The first-order chi connectivity index (χ1) is 9.49. The largest absolute Gasteiger partial charge is 0.508 e. The molecule has 2 rings (SSSR count). The molecule has 1 aromatic carbocycles. The Hall–Kier alpha value is -2.60. The molecule has 102 valence electrons. The molecule has 0 aliphatic heterocycles. The summed E-state index contributed by atoms with van der Waals surface area (Å²) in [6, 6.07) is 6.61. The Balaban J connectivity index is 2.33. The standard InChI is InChI=1S/C13H9ClN2O4/c14-11-8(2-1-5-15-11)12(18)16-10-4-3-7(17)6-9(10)13(19)20/h1-6,17H,(H,16,18)(H,19,20). The molecule has 7 heteroatoms. The summed E-state index contributed by atoms with van der Waals surface area (Å²) in [4.78, 5) is 26.8. The Kier molecular flexibility index (Phi) is 3.86. The average molecular weight is 293 g/mol. The van der Waals surface area contributed by atoms with Crippen molar-refractivity contribution >= 4 is 29.2 Å². The highest BCUT2D eigenvalue weighted by atomic mass is 35.5. The summed E-state index contributed by atoms with van der Waals surface area (Å²) in [5, 5.41) is 20.7. The van der Waals surface area contributed by atoms with E-state index in [0.29, 0.717) is 0 Å². The summed E-state index contributed by atoms with van der Waals surface area (Å²) in [5.41, 5.74) is -0.0443. The zero-order valence-corrected chi connectivity index (χ0v) is 10.8. The molecule has 2 aromatic rings. The lowest BCUT2D eigenvalue weighted by Gasteiger charge is -2.09. The summed E-state index contributed by atoms with van der Waals surface area (Å²) in [6.45, 7) is 0. The van der Waals surface area contributed by atoms with Gasteiger partial charge in [-0.05, 0) is 30.3 Å². The molecule has 0 spiro atoms. The van der Waals surface area contributed by atoms with E-state index in [1.54, 1.807) is 0 Å². The molecule has 0 atom stereocenters. The maximum Gasteiger partial charge on any atom is 0.337 e. The van der Waals surface area contributed by atoms with Gasteiger partial charge in [0.1, 0.15) is 10.9 Å². The number of phenols is 1. The molecule has 0 aliphatic rings. The number of carbonyl (C=O) groups excluding carboxylic acids is 1. The minimum atomic E-state index is -1.27. The van der Waals surface area contributed by atoms with Gasteiger partial charge in [-0.25, -0.2) is 9.78 Å². The Morgan fingerprint density at radius 2 is 1.95 bits per heavy atom. The lowest BCUT2D eigenvalue weighted by atomic mass is 10.1. The van der Waals surface area contributed by atoms with Crippen LogP contribution in [-0.2, 0) is 0 Å². The number of hydrogen-bond acceptors (Lipinski definition) is 4. The fourth-order valence-electron chi connectivity index (χ4n) is 1.56. The number of aromatic nitrogens is 1. The number of anilines is 1. The number of nitrogens with zero attached hydrogens (tertiary/aromatic N) is 1. The summed E-state index contributed by atoms with van der Waals surface area (Å²) in [7, 11) is 0. The molecule has 0 fully saturated rings. The second kappa shape index (κ2) is 5.58. The van der Waals surface area contributed by atoms with E-state index in [4.69, 9.17) is 16.7 Å². The first-order valence-electron chi connectivity index (χ1n) is 5.47. The molecule has 6 nitrogen and oxygen atoms in total. The Labute approximate surface area is 118 Å². The molecular weight excluding hydrogens is 284 g/mol. The van der Waals surface area contributed by atoms with Crippen LogP contribution in [0.1, 0.15) is 20.7 Å². The van der Waals surface area contributed by atoms with Crippen molar-refractivity contribution in [2.45, 2.75) is 0 Å². The zero-order valence-electron chi connectivity index (χ0n) is 10.0. The van der Waals surface area contributed by atoms with Crippen molar-refractivity contribution in [2.24, 2.45) is 0 Å². The van der Waals surface area contributed by atoms with Gasteiger partial charge in [-0.2, -0.15) is 0 Å². The lowest BCUT2D eigenvalue weighted by molar-refractivity contribution is 0.0697. The highest BCUT2D eigenvalue weighted by Gasteiger charge is 2.16. The van der Waals surface area contributed by atoms with Gasteiger partial charge in [0.05, 0.1) is 16.8 Å². The van der Waals surface area contributed by atoms with Gasteiger partial charge in [0.15, 0.2) is 0 Å². The number of benzene rings is 1. The Morgan fingerprint density at radius 1 is 1.20 bits per heavy atom. The molecule has 0 saturated heterocycles. The first-order valence-corrected chi connectivity index (χ1v) is 5.85. The molecule has 0 unspecified atom stereocenters. The van der Waals surface area contributed by atoms with E-state index in [-0.39, 0.29) is 27.7 Å². The van der Waals surface area contributed by atoms with Crippen LogP contribution in [0.15, 0.2) is 36.5 Å². The van der Waals surface area contributed by atoms with Crippen LogP contribution in [0.2, 0.25) is 5.15 Å². The van der Waals surface area contributed by atoms with E-state index >= 15 is 0 Å². The second-order valence-corrected chi connectivity index (χ2v) is 4.19. The Bertz CT molecular complexity index is 688. The van der Waals surface area contributed by atoms with Gasteiger partial charge in [0, 0.05) is 6.20 Å². The number of pyridine rings is 1. The van der Waals surface area contributed by atoms with E-state index < -0.39 is 11.9 Å². The summed E-state index contributed by atoms with van der Waals surface area (Å²) in [6.07, 6.45) is 1.43. The highest BCUT2D eigenvalue weighted by Crippen LogP contribution is 2.22. The van der Waals surface area contributed by atoms with Crippen LogP contribution in [0.4, 0.5) is 5.69 Å². The Morgan fingerprint density at radius 3 is 2.60 bits per heavy atom. The molecule has 3 N–H and O–H groups in total. The summed E-state index contributed by atoms with van der Waals surface area (Å²) < 4.78 is 0. The van der Waals surface area contributed by atoms with E-state index in [2.05, 4.69) is 10.3 Å². The maximum absolute atomic E-state index is 12.0. The number of rotatable bonds is 3. The molecule has 20 heavy (non-hydrogen) atoms. The summed E-state index contributed by atoms with van der Waals surface area (Å²) >= 11 is 5.78. The van der Waals surface area contributed by atoms with Gasteiger partial charge in [-0.1, -0.05) is 11.6 Å². The molecule has 0 saturated carbocycles.